The molecular weight excluding hydrogens is 224 g/mol. The molecule has 0 saturated carbocycles. The first-order valence-electron chi connectivity index (χ1n) is 4.91. The number of carboxylic acids is 1. The minimum atomic E-state index is -1.07. The van der Waals surface area contributed by atoms with Gasteiger partial charge in [-0.15, -0.1) is 0 Å². The number of hydrogen-bond donors (Lipinski definition) is 1. The fourth-order valence-corrected chi connectivity index (χ4v) is 1.55. The summed E-state index contributed by atoms with van der Waals surface area (Å²) < 4.78 is 0. The van der Waals surface area contributed by atoms with Crippen LogP contribution in [0.5, 0.6) is 0 Å². The molecule has 0 aromatic heterocycles. The van der Waals surface area contributed by atoms with E-state index in [0.717, 1.165) is 6.07 Å². The van der Waals surface area contributed by atoms with Gasteiger partial charge in [0.05, 0.1) is 23.0 Å². The van der Waals surface area contributed by atoms with Gasteiger partial charge in [-0.3, -0.25) is 14.9 Å². The zero-order valence-corrected chi connectivity index (χ0v) is 9.14. The summed E-state index contributed by atoms with van der Waals surface area (Å²) in [6.07, 6.45) is 0.0997. The molecule has 0 spiro atoms. The second-order valence-corrected chi connectivity index (χ2v) is 3.43. The Morgan fingerprint density at radius 1 is 1.53 bits per heavy atom. The highest BCUT2D eigenvalue weighted by molar-refractivity contribution is 5.72. The molecule has 0 aliphatic heterocycles. The number of nitrogens with zero attached hydrogens (tertiary/aromatic N) is 2. The highest BCUT2D eigenvalue weighted by atomic mass is 16.6. The van der Waals surface area contributed by atoms with Crippen LogP contribution in [0, 0.1) is 21.4 Å². The fourth-order valence-electron chi connectivity index (χ4n) is 1.55. The summed E-state index contributed by atoms with van der Waals surface area (Å²) in [6, 6.07) is 4.34. The number of aliphatic carboxylic acids is 1. The highest BCUT2D eigenvalue weighted by Crippen LogP contribution is 2.24. The lowest BCUT2D eigenvalue weighted by Gasteiger charge is -2.05. The van der Waals surface area contributed by atoms with Gasteiger partial charge in [0.1, 0.15) is 0 Å². The molecule has 0 aliphatic carbocycles. The van der Waals surface area contributed by atoms with E-state index < -0.39 is 10.9 Å². The van der Waals surface area contributed by atoms with Gasteiger partial charge in [-0.05, 0) is 18.1 Å². The molecule has 1 aromatic rings. The molecule has 0 saturated heterocycles. The number of nitriles is 1. The molecule has 1 N–H and O–H groups in total. The molecule has 0 heterocycles. The maximum Gasteiger partial charge on any atom is 0.307 e. The first kappa shape index (κ1) is 12.6. The Labute approximate surface area is 97.3 Å². The number of carbonyl (C=O) groups is 1. The molecule has 17 heavy (non-hydrogen) atoms. The summed E-state index contributed by atoms with van der Waals surface area (Å²) in [5.74, 6) is -1.07. The predicted molar refractivity (Wildman–Crippen MR) is 58.5 cm³/mol. The van der Waals surface area contributed by atoms with Gasteiger partial charge in [0, 0.05) is 11.6 Å². The van der Waals surface area contributed by atoms with Crippen molar-refractivity contribution in [2.75, 3.05) is 0 Å². The minimum Gasteiger partial charge on any atom is -0.481 e. The lowest BCUT2D eigenvalue weighted by Crippen LogP contribution is -2.05. The number of aryl methyl sites for hydroxylation is 1. The molecule has 0 aliphatic rings. The normalized spacial score (nSPS) is 9.65. The van der Waals surface area contributed by atoms with Crippen molar-refractivity contribution in [1.29, 1.82) is 5.26 Å². The van der Waals surface area contributed by atoms with E-state index in [1.165, 1.54) is 6.07 Å². The van der Waals surface area contributed by atoms with Crippen LogP contribution in [-0.2, 0) is 17.6 Å². The lowest BCUT2D eigenvalue weighted by atomic mass is 9.99. The summed E-state index contributed by atoms with van der Waals surface area (Å²) in [5, 5.41) is 28.3. The first-order valence-corrected chi connectivity index (χ1v) is 4.91. The molecule has 6 nitrogen and oxygen atoms in total. The third-order valence-corrected chi connectivity index (χ3v) is 2.34. The zero-order valence-electron chi connectivity index (χ0n) is 9.14. The molecule has 0 bridgehead atoms. The quantitative estimate of drug-likeness (QED) is 0.630. The number of rotatable bonds is 4. The minimum absolute atomic E-state index is 0.0382. The van der Waals surface area contributed by atoms with Crippen LogP contribution >= 0.6 is 0 Å². The van der Waals surface area contributed by atoms with Gasteiger partial charge in [-0.1, -0.05) is 6.92 Å². The van der Waals surface area contributed by atoms with E-state index >= 15 is 0 Å². The van der Waals surface area contributed by atoms with Crippen molar-refractivity contribution in [3.63, 3.8) is 0 Å². The Morgan fingerprint density at radius 3 is 2.59 bits per heavy atom. The Hall–Kier alpha value is -2.42. The SMILES string of the molecule is CCc1cc(CC(=O)O)c(C#N)cc1[N+](=O)[O-]. The van der Waals surface area contributed by atoms with Gasteiger partial charge in [0.2, 0.25) is 0 Å². The van der Waals surface area contributed by atoms with Crippen LogP contribution in [0.15, 0.2) is 12.1 Å². The van der Waals surface area contributed by atoms with Crippen molar-refractivity contribution in [2.45, 2.75) is 19.8 Å². The van der Waals surface area contributed by atoms with Crippen LogP contribution in [0.4, 0.5) is 5.69 Å². The van der Waals surface area contributed by atoms with E-state index in [9.17, 15) is 14.9 Å². The molecule has 0 amide bonds. The van der Waals surface area contributed by atoms with Crippen LogP contribution in [0.1, 0.15) is 23.6 Å². The third-order valence-electron chi connectivity index (χ3n) is 2.34. The van der Waals surface area contributed by atoms with Crippen molar-refractivity contribution in [3.05, 3.63) is 38.9 Å². The van der Waals surface area contributed by atoms with E-state index in [4.69, 9.17) is 10.4 Å². The molecule has 0 fully saturated rings. The number of hydrogen-bond acceptors (Lipinski definition) is 4. The second kappa shape index (κ2) is 5.07. The standard InChI is InChI=1S/C11H10N2O4/c1-2-7-3-8(5-11(14)15)9(6-12)4-10(7)13(16)17/h3-4H,2,5H2,1H3,(H,14,15). The highest BCUT2D eigenvalue weighted by Gasteiger charge is 2.18. The van der Waals surface area contributed by atoms with E-state index in [1.807, 2.05) is 0 Å². The molecule has 0 unspecified atom stereocenters. The predicted octanol–water partition coefficient (Wildman–Crippen LogP) is 1.66. The van der Waals surface area contributed by atoms with E-state index in [0.29, 0.717) is 17.5 Å². The topological polar surface area (TPSA) is 104 Å². The van der Waals surface area contributed by atoms with Gasteiger partial charge in [0.15, 0.2) is 0 Å². The average Bonchev–Trinajstić information content (AvgIpc) is 2.27. The lowest BCUT2D eigenvalue weighted by molar-refractivity contribution is -0.385. The number of nitro benzene ring substituents is 1. The first-order chi connectivity index (χ1) is 7.99. The average molecular weight is 234 g/mol. The van der Waals surface area contributed by atoms with Gasteiger partial charge >= 0.3 is 5.97 Å². The van der Waals surface area contributed by atoms with Crippen LogP contribution < -0.4 is 0 Å². The van der Waals surface area contributed by atoms with Crippen LogP contribution in [0.2, 0.25) is 0 Å². The van der Waals surface area contributed by atoms with Gasteiger partial charge in [-0.25, -0.2) is 0 Å². The van der Waals surface area contributed by atoms with Crippen molar-refractivity contribution >= 4 is 11.7 Å². The fraction of sp³-hybridized carbons (Fsp3) is 0.273. The van der Waals surface area contributed by atoms with Crippen molar-refractivity contribution in [2.24, 2.45) is 0 Å². The number of benzene rings is 1. The van der Waals surface area contributed by atoms with Crippen molar-refractivity contribution < 1.29 is 14.8 Å². The summed E-state index contributed by atoms with van der Waals surface area (Å²) in [5.41, 5.74) is 0.641. The number of nitro groups is 1. The Kier molecular flexibility index (Phi) is 3.78. The molecule has 1 rings (SSSR count). The van der Waals surface area contributed by atoms with Crippen LogP contribution in [0.3, 0.4) is 0 Å². The maximum atomic E-state index is 10.8. The van der Waals surface area contributed by atoms with E-state index in [2.05, 4.69) is 0 Å². The summed E-state index contributed by atoms with van der Waals surface area (Å²) in [7, 11) is 0. The smallest absolute Gasteiger partial charge is 0.307 e. The molecule has 0 radical (unpaired) electrons. The van der Waals surface area contributed by atoms with Crippen molar-refractivity contribution in [1.82, 2.24) is 0 Å². The van der Waals surface area contributed by atoms with E-state index in [-0.39, 0.29) is 17.7 Å². The Bertz CT molecular complexity index is 517. The second-order valence-electron chi connectivity index (χ2n) is 3.43. The van der Waals surface area contributed by atoms with Gasteiger partial charge < -0.3 is 5.11 Å². The van der Waals surface area contributed by atoms with Gasteiger partial charge in [-0.2, -0.15) is 5.26 Å². The zero-order chi connectivity index (χ0) is 13.0. The summed E-state index contributed by atoms with van der Waals surface area (Å²) in [6.45, 7) is 1.74. The molecule has 1 aromatic carbocycles. The van der Waals surface area contributed by atoms with Crippen molar-refractivity contribution in [3.8, 4) is 6.07 Å². The number of carboxylic acid groups (broad SMARTS) is 1. The monoisotopic (exact) mass is 234 g/mol. The Balaban J connectivity index is 3.39. The van der Waals surface area contributed by atoms with E-state index in [1.54, 1.807) is 13.0 Å². The molecule has 6 heteroatoms. The third kappa shape index (κ3) is 2.78. The van der Waals surface area contributed by atoms with Crippen LogP contribution in [-0.4, -0.2) is 16.0 Å². The molecule has 88 valence electrons. The van der Waals surface area contributed by atoms with Gasteiger partial charge in [0.25, 0.3) is 5.69 Å². The maximum absolute atomic E-state index is 10.8. The van der Waals surface area contributed by atoms with Crippen LogP contribution in [0.25, 0.3) is 0 Å². The molecular formula is C11H10N2O4. The molecule has 0 atom stereocenters. The summed E-state index contributed by atoms with van der Waals surface area (Å²) in [4.78, 5) is 20.8. The summed E-state index contributed by atoms with van der Waals surface area (Å²) >= 11 is 0. The largest absolute Gasteiger partial charge is 0.481 e. The Morgan fingerprint density at radius 2 is 2.18 bits per heavy atom.